The van der Waals surface area contributed by atoms with Gasteiger partial charge in [0.1, 0.15) is 11.4 Å². The fraction of sp³-hybridized carbons (Fsp3) is 0.459. The highest BCUT2D eigenvalue weighted by Gasteiger charge is 2.47. The van der Waals surface area contributed by atoms with Gasteiger partial charge in [0.15, 0.2) is 0 Å². The van der Waals surface area contributed by atoms with Crippen molar-refractivity contribution in [2.75, 3.05) is 19.6 Å². The Hall–Kier alpha value is -3.48. The molecule has 2 bridgehead atoms. The molecule has 3 aliphatic heterocycles. The summed E-state index contributed by atoms with van der Waals surface area (Å²) in [6.07, 6.45) is 8.01. The Morgan fingerprint density at radius 2 is 1.49 bits per heavy atom. The third-order valence-corrected chi connectivity index (χ3v) is 11.3. The smallest absolute Gasteiger partial charge is 0.328 e. The van der Waals surface area contributed by atoms with Crippen LogP contribution < -0.4 is 0 Å². The topological polar surface area (TPSA) is 61.6 Å². The number of benzene rings is 3. The Morgan fingerprint density at radius 1 is 0.884 bits per heavy atom. The summed E-state index contributed by atoms with van der Waals surface area (Å²) < 4.78 is 2.52. The number of carboxylic acid groups (broad SMARTS) is 1. The molecule has 4 heterocycles. The molecule has 3 saturated heterocycles. The molecule has 3 aliphatic rings. The SMILES string of the molecule is Cc1nc2ccccc2n1C1CC2CCC(C1)N2CCC1(c2ccccc2)CCN(C(C)(C(=O)O)c2ccccc2)CC1. The molecule has 43 heavy (non-hydrogen) atoms. The number of para-hydroxylation sites is 2. The van der Waals surface area contributed by atoms with Gasteiger partial charge in [-0.2, -0.15) is 0 Å². The number of aryl methyl sites for hydroxylation is 1. The Balaban J connectivity index is 1.09. The number of piperidine rings is 2. The molecule has 0 amide bonds. The summed E-state index contributed by atoms with van der Waals surface area (Å²) in [7, 11) is 0. The number of carbonyl (C=O) groups is 1. The first-order valence-corrected chi connectivity index (χ1v) is 16.2. The molecule has 4 aromatic rings. The van der Waals surface area contributed by atoms with Crippen LogP contribution in [0.2, 0.25) is 0 Å². The van der Waals surface area contributed by atoms with Crippen LogP contribution in [0, 0.1) is 6.92 Å². The van der Waals surface area contributed by atoms with Crippen molar-refractivity contribution in [1.82, 2.24) is 19.4 Å². The molecule has 224 valence electrons. The fourth-order valence-corrected chi connectivity index (χ4v) is 8.85. The molecule has 1 N–H and O–H groups in total. The van der Waals surface area contributed by atoms with Gasteiger partial charge in [-0.1, -0.05) is 72.8 Å². The van der Waals surface area contributed by atoms with Crippen LogP contribution in [0.4, 0.5) is 0 Å². The van der Waals surface area contributed by atoms with Crippen LogP contribution in [0.3, 0.4) is 0 Å². The van der Waals surface area contributed by atoms with Gasteiger partial charge in [-0.15, -0.1) is 0 Å². The summed E-state index contributed by atoms with van der Waals surface area (Å²) in [6.45, 7) is 6.70. The molecule has 0 saturated carbocycles. The Labute approximate surface area is 255 Å². The number of fused-ring (bicyclic) bond motifs is 3. The Kier molecular flexibility index (Phi) is 7.38. The van der Waals surface area contributed by atoms with Gasteiger partial charge in [0.05, 0.1) is 11.0 Å². The van der Waals surface area contributed by atoms with Crippen molar-refractivity contribution in [2.45, 2.75) is 87.9 Å². The van der Waals surface area contributed by atoms with Gasteiger partial charge in [0.2, 0.25) is 0 Å². The summed E-state index contributed by atoms with van der Waals surface area (Å²) in [6, 6.07) is 31.1. The summed E-state index contributed by atoms with van der Waals surface area (Å²) >= 11 is 0. The number of likely N-dealkylation sites (tertiary alicyclic amines) is 1. The summed E-state index contributed by atoms with van der Waals surface area (Å²) in [5.41, 5.74) is 3.68. The van der Waals surface area contributed by atoms with Crippen LogP contribution in [0.15, 0.2) is 84.9 Å². The van der Waals surface area contributed by atoms with Crippen molar-refractivity contribution >= 4 is 17.0 Å². The standard InChI is InChI=1S/C37H44N4O2/c1-27-38-33-15-9-10-16-34(33)41(27)32-25-30-17-18-31(26-32)40(30)24-21-37(29-13-7-4-8-14-29)19-22-39(23-20-37)36(2,35(42)43)28-11-5-3-6-12-28/h3-16,30-32H,17-26H2,1-2H3,(H,42,43). The lowest BCUT2D eigenvalue weighted by Crippen LogP contribution is -2.56. The van der Waals surface area contributed by atoms with Gasteiger partial charge in [-0.25, -0.2) is 9.78 Å². The fourth-order valence-electron chi connectivity index (χ4n) is 8.85. The predicted octanol–water partition coefficient (Wildman–Crippen LogP) is 6.94. The lowest BCUT2D eigenvalue weighted by atomic mass is 9.69. The number of aliphatic carboxylic acids is 1. The average molecular weight is 577 g/mol. The minimum atomic E-state index is -1.03. The van der Waals surface area contributed by atoms with Gasteiger partial charge in [0, 0.05) is 31.2 Å². The normalized spacial score (nSPS) is 25.5. The van der Waals surface area contributed by atoms with Crippen LogP contribution in [0.5, 0.6) is 0 Å². The van der Waals surface area contributed by atoms with E-state index in [-0.39, 0.29) is 5.41 Å². The van der Waals surface area contributed by atoms with Gasteiger partial charge in [-0.3, -0.25) is 9.80 Å². The predicted molar refractivity (Wildman–Crippen MR) is 171 cm³/mol. The molecule has 6 heteroatoms. The maximum Gasteiger partial charge on any atom is 0.328 e. The maximum atomic E-state index is 12.7. The monoisotopic (exact) mass is 576 g/mol. The highest BCUT2D eigenvalue weighted by Crippen LogP contribution is 2.46. The molecule has 3 aromatic carbocycles. The molecule has 0 radical (unpaired) electrons. The van der Waals surface area contributed by atoms with E-state index in [1.54, 1.807) is 0 Å². The van der Waals surface area contributed by atoms with Crippen LogP contribution >= 0.6 is 0 Å². The van der Waals surface area contributed by atoms with Crippen LogP contribution in [-0.4, -0.2) is 62.1 Å². The molecule has 0 aliphatic carbocycles. The number of rotatable bonds is 8. The van der Waals surface area contributed by atoms with Gasteiger partial charge < -0.3 is 9.67 Å². The van der Waals surface area contributed by atoms with Crippen molar-refractivity contribution in [3.05, 3.63) is 102 Å². The first-order valence-electron chi connectivity index (χ1n) is 16.2. The van der Waals surface area contributed by atoms with E-state index >= 15 is 0 Å². The van der Waals surface area contributed by atoms with E-state index in [2.05, 4.69) is 75.9 Å². The molecule has 3 fully saturated rings. The molecule has 6 nitrogen and oxygen atoms in total. The van der Waals surface area contributed by atoms with E-state index < -0.39 is 11.5 Å². The zero-order chi connectivity index (χ0) is 29.6. The quantitative estimate of drug-likeness (QED) is 0.246. The minimum Gasteiger partial charge on any atom is -0.480 e. The third kappa shape index (κ3) is 4.89. The molecular formula is C37H44N4O2. The first kappa shape index (κ1) is 28.3. The lowest BCUT2D eigenvalue weighted by Gasteiger charge is -2.49. The van der Waals surface area contributed by atoms with E-state index in [4.69, 9.17) is 4.98 Å². The number of carboxylic acids is 1. The van der Waals surface area contributed by atoms with Crippen molar-refractivity contribution in [3.63, 3.8) is 0 Å². The molecule has 3 atom stereocenters. The molecule has 0 spiro atoms. The second-order valence-electron chi connectivity index (χ2n) is 13.4. The van der Waals surface area contributed by atoms with Crippen molar-refractivity contribution in [1.29, 1.82) is 0 Å². The second-order valence-corrected chi connectivity index (χ2v) is 13.4. The van der Waals surface area contributed by atoms with Crippen molar-refractivity contribution in [3.8, 4) is 0 Å². The maximum absolute atomic E-state index is 12.7. The van der Waals surface area contributed by atoms with Gasteiger partial charge >= 0.3 is 5.97 Å². The molecule has 1 aromatic heterocycles. The minimum absolute atomic E-state index is 0.0568. The zero-order valence-corrected chi connectivity index (χ0v) is 25.5. The van der Waals surface area contributed by atoms with E-state index in [1.165, 1.54) is 36.8 Å². The number of hydrogen-bond acceptors (Lipinski definition) is 4. The summed E-state index contributed by atoms with van der Waals surface area (Å²) in [5.74, 6) is 0.365. The second kappa shape index (κ2) is 11.2. The summed E-state index contributed by atoms with van der Waals surface area (Å²) in [4.78, 5) is 22.6. The Morgan fingerprint density at radius 3 is 2.14 bits per heavy atom. The van der Waals surface area contributed by atoms with E-state index in [1.807, 2.05) is 37.3 Å². The Bertz CT molecular complexity index is 1560. The number of imidazole rings is 1. The largest absolute Gasteiger partial charge is 0.480 e. The number of aromatic nitrogens is 2. The van der Waals surface area contributed by atoms with Crippen LogP contribution in [-0.2, 0) is 15.7 Å². The molecular weight excluding hydrogens is 532 g/mol. The van der Waals surface area contributed by atoms with Gasteiger partial charge in [0.25, 0.3) is 0 Å². The highest BCUT2D eigenvalue weighted by atomic mass is 16.4. The molecule has 7 rings (SSSR count). The van der Waals surface area contributed by atoms with Crippen LogP contribution in [0.1, 0.15) is 74.9 Å². The van der Waals surface area contributed by atoms with Crippen molar-refractivity contribution < 1.29 is 9.90 Å². The number of nitrogens with zero attached hydrogens (tertiary/aromatic N) is 4. The lowest BCUT2D eigenvalue weighted by molar-refractivity contribution is -0.152. The van der Waals surface area contributed by atoms with E-state index in [0.717, 1.165) is 55.8 Å². The van der Waals surface area contributed by atoms with E-state index in [0.29, 0.717) is 18.1 Å². The van der Waals surface area contributed by atoms with Crippen molar-refractivity contribution in [2.24, 2.45) is 0 Å². The molecule has 3 unspecified atom stereocenters. The average Bonchev–Trinajstić information content (AvgIpc) is 3.50. The first-order chi connectivity index (χ1) is 20.9. The third-order valence-electron chi connectivity index (χ3n) is 11.3. The summed E-state index contributed by atoms with van der Waals surface area (Å²) in [5, 5.41) is 10.4. The van der Waals surface area contributed by atoms with Crippen LogP contribution in [0.25, 0.3) is 11.0 Å². The van der Waals surface area contributed by atoms with E-state index in [9.17, 15) is 9.90 Å². The number of hydrogen-bond donors (Lipinski definition) is 1. The van der Waals surface area contributed by atoms with Gasteiger partial charge in [-0.05, 0) is 94.0 Å². The highest BCUT2D eigenvalue weighted by molar-refractivity contribution is 5.80. The zero-order valence-electron chi connectivity index (χ0n) is 25.5.